The highest BCUT2D eigenvalue weighted by atomic mass is 19.1. The molecule has 0 saturated heterocycles. The van der Waals surface area contributed by atoms with Gasteiger partial charge in [-0.3, -0.25) is 9.36 Å². The van der Waals surface area contributed by atoms with Crippen LogP contribution in [0.3, 0.4) is 0 Å². The van der Waals surface area contributed by atoms with E-state index in [1.54, 1.807) is 43.7 Å². The maximum Gasteiger partial charge on any atom is 0.265 e. The molecule has 0 amide bonds. The van der Waals surface area contributed by atoms with Gasteiger partial charge in [0.15, 0.2) is 0 Å². The highest BCUT2D eigenvalue weighted by Gasteiger charge is 2.25. The summed E-state index contributed by atoms with van der Waals surface area (Å²) in [5.41, 5.74) is 10.6. The van der Waals surface area contributed by atoms with Crippen LogP contribution < -0.4 is 16.6 Å². The second-order valence-corrected chi connectivity index (χ2v) is 10.3. The number of nitrogens with one attached hydrogen (secondary N) is 2. The van der Waals surface area contributed by atoms with Crippen molar-refractivity contribution in [2.45, 2.75) is 25.4 Å². The Morgan fingerprint density at radius 3 is 2.73 bits per heavy atom. The van der Waals surface area contributed by atoms with Crippen LogP contribution in [0, 0.1) is 5.82 Å². The van der Waals surface area contributed by atoms with Crippen LogP contribution in [0.4, 0.5) is 16.2 Å². The average Bonchev–Trinajstić information content (AvgIpc) is 3.75. The molecule has 0 radical (unpaired) electrons. The van der Waals surface area contributed by atoms with Crippen LogP contribution in [0.1, 0.15) is 29.9 Å². The summed E-state index contributed by atoms with van der Waals surface area (Å²) in [5.74, 6) is 0.623. The molecule has 1 fully saturated rings. The summed E-state index contributed by atoms with van der Waals surface area (Å²) >= 11 is 0. The summed E-state index contributed by atoms with van der Waals surface area (Å²) < 4.78 is 16.6. The quantitative estimate of drug-likeness (QED) is 0.227. The summed E-state index contributed by atoms with van der Waals surface area (Å²) in [6.07, 6.45) is 5.44. The first-order chi connectivity index (χ1) is 19.9. The maximum atomic E-state index is 15.2. The van der Waals surface area contributed by atoms with Crippen LogP contribution in [0.2, 0.25) is 0 Å². The van der Waals surface area contributed by atoms with E-state index < -0.39 is 18.0 Å². The molecule has 0 bridgehead atoms. The molecule has 1 aliphatic rings. The number of nitrogens with zero attached hydrogens (tertiary/aromatic N) is 4. The number of rotatable bonds is 6. The van der Waals surface area contributed by atoms with Crippen LogP contribution in [0.25, 0.3) is 50.0 Å². The van der Waals surface area contributed by atoms with Crippen LogP contribution in [0.15, 0.2) is 71.8 Å². The lowest BCUT2D eigenvalue weighted by molar-refractivity contribution is 0.282. The molecule has 9 nitrogen and oxygen atoms in total. The Hall–Kier alpha value is -5.09. The minimum atomic E-state index is -0.534. The van der Waals surface area contributed by atoms with Crippen LogP contribution in [-0.2, 0) is 6.61 Å². The minimum Gasteiger partial charge on any atom is -0.392 e. The molecule has 0 spiro atoms. The van der Waals surface area contributed by atoms with Crippen molar-refractivity contribution >= 4 is 33.6 Å². The van der Waals surface area contributed by atoms with Crippen molar-refractivity contribution in [1.82, 2.24) is 24.5 Å². The van der Waals surface area contributed by atoms with Gasteiger partial charge in [-0.25, -0.2) is 14.4 Å². The number of aromatic amines is 1. The van der Waals surface area contributed by atoms with E-state index in [-0.39, 0.29) is 11.3 Å². The van der Waals surface area contributed by atoms with E-state index in [0.717, 1.165) is 35.5 Å². The molecule has 0 atom stereocenters. The van der Waals surface area contributed by atoms with E-state index in [2.05, 4.69) is 25.3 Å². The Morgan fingerprint density at radius 1 is 1.15 bits per heavy atom. The molecule has 0 unspecified atom stereocenters. The largest absolute Gasteiger partial charge is 0.392 e. The summed E-state index contributed by atoms with van der Waals surface area (Å²) in [5, 5.41) is 14.8. The fraction of sp³-hybridized carbons (Fsp3) is 0.161. The topological polar surface area (TPSA) is 135 Å². The van der Waals surface area contributed by atoms with Crippen LogP contribution in [-0.4, -0.2) is 36.7 Å². The van der Waals surface area contributed by atoms with E-state index in [0.29, 0.717) is 44.8 Å². The molecule has 5 N–H and O–H groups in total. The van der Waals surface area contributed by atoms with Crippen LogP contribution >= 0.6 is 0 Å². The first kappa shape index (κ1) is 24.9. The third-order valence-electron chi connectivity index (χ3n) is 7.69. The molecule has 1 saturated carbocycles. The molecule has 10 heteroatoms. The first-order valence-corrected chi connectivity index (χ1v) is 13.3. The molecule has 7 rings (SSSR count). The number of hydrogen-bond donors (Lipinski definition) is 4. The average molecular weight is 548 g/mol. The standard InChI is InChI=1S/C31H26FN7O2/c1-34-26-8-7-18(14-35-26)24-13-21-28(37-31(33)38-29(21)36-24)20-3-2-4-25(22(20)15-40)39-10-9-17-11-19(16-5-6-16)12-23(32)27(17)30(39)41/h2-4,7-14,16,40H,5-6,15H2,1H3,(H,34,35)(H3,33,36,37,38). The Labute approximate surface area is 233 Å². The Bertz CT molecular complexity index is 2030. The van der Waals surface area contributed by atoms with Crippen molar-refractivity contribution in [2.75, 3.05) is 18.1 Å². The number of benzene rings is 2. The Kier molecular flexibility index (Phi) is 5.79. The fourth-order valence-electron chi connectivity index (χ4n) is 5.47. The number of H-pyrrole nitrogens is 1. The molecule has 0 aliphatic heterocycles. The maximum absolute atomic E-state index is 15.2. The first-order valence-electron chi connectivity index (χ1n) is 13.3. The number of anilines is 2. The molecule has 41 heavy (non-hydrogen) atoms. The van der Waals surface area contributed by atoms with Gasteiger partial charge in [0.1, 0.15) is 17.3 Å². The summed E-state index contributed by atoms with van der Waals surface area (Å²) in [6, 6.07) is 16.1. The van der Waals surface area contributed by atoms with Gasteiger partial charge in [0, 0.05) is 47.2 Å². The lowest BCUT2D eigenvalue weighted by Gasteiger charge is -2.16. The molecule has 2 aromatic carbocycles. The van der Waals surface area contributed by atoms with E-state index >= 15 is 4.39 Å². The zero-order chi connectivity index (χ0) is 28.2. The summed E-state index contributed by atoms with van der Waals surface area (Å²) in [4.78, 5) is 30.2. The number of aliphatic hydroxyl groups excluding tert-OH is 1. The number of hydrogen-bond acceptors (Lipinski definition) is 7. The van der Waals surface area contributed by atoms with Crippen molar-refractivity contribution in [1.29, 1.82) is 0 Å². The number of fused-ring (bicyclic) bond motifs is 2. The molecule has 6 aromatic rings. The normalized spacial score (nSPS) is 13.2. The highest BCUT2D eigenvalue weighted by molar-refractivity contribution is 5.96. The molecular weight excluding hydrogens is 521 g/mol. The van der Waals surface area contributed by atoms with Crippen molar-refractivity contribution in [3.05, 3.63) is 94.3 Å². The number of aromatic nitrogens is 5. The van der Waals surface area contributed by atoms with Gasteiger partial charge in [0.25, 0.3) is 5.56 Å². The van der Waals surface area contributed by atoms with Crippen molar-refractivity contribution in [3.63, 3.8) is 0 Å². The van der Waals surface area contributed by atoms with Gasteiger partial charge >= 0.3 is 0 Å². The van der Waals surface area contributed by atoms with Crippen molar-refractivity contribution in [2.24, 2.45) is 0 Å². The van der Waals surface area contributed by atoms with Crippen molar-refractivity contribution < 1.29 is 9.50 Å². The van der Waals surface area contributed by atoms with E-state index in [9.17, 15) is 9.90 Å². The third kappa shape index (κ3) is 4.20. The molecule has 1 aliphatic carbocycles. The smallest absolute Gasteiger partial charge is 0.265 e. The van der Waals surface area contributed by atoms with Gasteiger partial charge in [0.05, 0.1) is 23.4 Å². The lowest BCUT2D eigenvalue weighted by Crippen LogP contribution is -2.20. The molecule has 4 aromatic heterocycles. The molecule has 204 valence electrons. The van der Waals surface area contributed by atoms with Crippen molar-refractivity contribution in [3.8, 4) is 28.2 Å². The van der Waals surface area contributed by atoms with Gasteiger partial charge in [-0.15, -0.1) is 0 Å². The number of halogens is 1. The highest BCUT2D eigenvalue weighted by Crippen LogP contribution is 2.41. The SMILES string of the molecule is CNc1ccc(-c2cc3c(-c4cccc(-n5ccc6cc(C7CC7)cc(F)c6c5=O)c4CO)nc(N)nc3[nH]2)cn1. The monoisotopic (exact) mass is 547 g/mol. The second kappa shape index (κ2) is 9.53. The molecular formula is C31H26FN7O2. The predicted molar refractivity (Wildman–Crippen MR) is 157 cm³/mol. The lowest BCUT2D eigenvalue weighted by atomic mass is 10.00. The summed E-state index contributed by atoms with van der Waals surface area (Å²) in [6.45, 7) is -0.392. The number of aliphatic hydroxyl groups is 1. The van der Waals surface area contributed by atoms with Gasteiger partial charge in [-0.2, -0.15) is 4.98 Å². The van der Waals surface area contributed by atoms with E-state index in [1.165, 1.54) is 10.6 Å². The Balaban J connectivity index is 1.39. The summed E-state index contributed by atoms with van der Waals surface area (Å²) in [7, 11) is 1.80. The van der Waals surface area contributed by atoms with Gasteiger partial charge in [-0.05, 0) is 66.1 Å². The van der Waals surface area contributed by atoms with Gasteiger partial charge in [-0.1, -0.05) is 18.2 Å². The Morgan fingerprint density at radius 2 is 2.00 bits per heavy atom. The third-order valence-corrected chi connectivity index (χ3v) is 7.69. The van der Waals surface area contributed by atoms with Gasteiger partial charge in [0.2, 0.25) is 5.95 Å². The number of pyridine rings is 2. The minimum absolute atomic E-state index is 0.0213. The fourth-order valence-corrected chi connectivity index (χ4v) is 5.47. The van der Waals surface area contributed by atoms with E-state index in [4.69, 9.17) is 5.73 Å². The van der Waals surface area contributed by atoms with E-state index in [1.807, 2.05) is 24.3 Å². The number of nitrogens with two attached hydrogens (primary N) is 1. The van der Waals surface area contributed by atoms with Gasteiger partial charge < -0.3 is 21.1 Å². The molecule has 4 heterocycles. The zero-order valence-corrected chi connectivity index (χ0v) is 22.1. The predicted octanol–water partition coefficient (Wildman–Crippen LogP) is 5.12. The number of nitrogen functional groups attached to an aromatic ring is 1. The zero-order valence-electron chi connectivity index (χ0n) is 22.1. The second-order valence-electron chi connectivity index (χ2n) is 10.3. The van der Waals surface area contributed by atoms with Crippen LogP contribution in [0.5, 0.6) is 0 Å².